The maximum atomic E-state index is 11.7. The molecule has 22 heavy (non-hydrogen) atoms. The maximum absolute atomic E-state index is 11.7. The van der Waals surface area contributed by atoms with Gasteiger partial charge in [0.2, 0.25) is 0 Å². The SMILES string of the molecule is CCC[As](CCC)[C@@H]1Cc2cc(OCC)c(C(N)=O)cc2C1. The van der Waals surface area contributed by atoms with Crippen molar-refractivity contribution in [1.29, 1.82) is 0 Å². The summed E-state index contributed by atoms with van der Waals surface area (Å²) in [5, 5.41) is 2.89. The normalized spacial score (nSPS) is 16.8. The molecule has 1 aliphatic carbocycles. The Labute approximate surface area is 138 Å². The Kier molecular flexibility index (Phi) is 6.37. The number of benzene rings is 1. The first-order valence-corrected chi connectivity index (χ1v) is 12.2. The fourth-order valence-corrected chi connectivity index (χ4v) is 9.72. The van der Waals surface area contributed by atoms with Gasteiger partial charge in [-0.2, -0.15) is 0 Å². The van der Waals surface area contributed by atoms with E-state index < -0.39 is 14.7 Å². The van der Waals surface area contributed by atoms with E-state index in [2.05, 4.69) is 19.9 Å². The number of carbonyl (C=O) groups excluding carboxylic acids is 1. The number of nitrogens with two attached hydrogens (primary N) is 1. The molecule has 1 atom stereocenters. The van der Waals surface area contributed by atoms with Crippen molar-refractivity contribution in [2.75, 3.05) is 6.61 Å². The third-order valence-electron chi connectivity index (χ3n) is 4.32. The van der Waals surface area contributed by atoms with Gasteiger partial charge < -0.3 is 0 Å². The second kappa shape index (κ2) is 8.06. The number of amides is 1. The topological polar surface area (TPSA) is 52.3 Å². The molecule has 122 valence electrons. The average Bonchev–Trinajstić information content (AvgIpc) is 2.89. The fourth-order valence-electron chi connectivity index (χ4n) is 3.40. The van der Waals surface area contributed by atoms with Crippen molar-refractivity contribution in [2.45, 2.75) is 61.6 Å². The molecule has 1 aromatic rings. The van der Waals surface area contributed by atoms with Crippen molar-refractivity contribution in [3.8, 4) is 5.75 Å². The van der Waals surface area contributed by atoms with Gasteiger partial charge in [0.15, 0.2) is 0 Å². The van der Waals surface area contributed by atoms with Crippen molar-refractivity contribution >= 4 is 20.6 Å². The van der Waals surface area contributed by atoms with Crippen LogP contribution in [0.15, 0.2) is 12.1 Å². The third-order valence-corrected chi connectivity index (χ3v) is 11.5. The van der Waals surface area contributed by atoms with E-state index in [9.17, 15) is 4.79 Å². The fraction of sp³-hybridized carbons (Fsp3) is 0.611. The predicted molar refractivity (Wildman–Crippen MR) is 93.2 cm³/mol. The summed E-state index contributed by atoms with van der Waals surface area (Å²) in [7, 11) is 0. The summed E-state index contributed by atoms with van der Waals surface area (Å²) < 4.78 is 6.47. The Morgan fingerprint density at radius 3 is 2.27 bits per heavy atom. The molecule has 1 amide bonds. The van der Waals surface area contributed by atoms with Crippen LogP contribution in [-0.2, 0) is 12.8 Å². The molecule has 0 bridgehead atoms. The van der Waals surface area contributed by atoms with Crippen LogP contribution in [0.4, 0.5) is 0 Å². The molecular formula is C18H28AsNO2. The van der Waals surface area contributed by atoms with Crippen molar-refractivity contribution in [3.63, 3.8) is 0 Å². The summed E-state index contributed by atoms with van der Waals surface area (Å²) in [6.07, 6.45) is 4.93. The molecule has 4 heteroatoms. The Bertz CT molecular complexity index is 524. The second-order valence-electron chi connectivity index (χ2n) is 6.01. The molecule has 3 nitrogen and oxygen atoms in total. The summed E-state index contributed by atoms with van der Waals surface area (Å²) in [4.78, 5) is 11.7. The summed E-state index contributed by atoms with van der Waals surface area (Å²) >= 11 is -0.776. The molecule has 1 aliphatic rings. The van der Waals surface area contributed by atoms with Gasteiger partial charge in [-0.25, -0.2) is 0 Å². The average molecular weight is 365 g/mol. The zero-order valence-corrected chi connectivity index (χ0v) is 15.9. The van der Waals surface area contributed by atoms with Crippen LogP contribution >= 0.6 is 0 Å². The number of hydrogen-bond acceptors (Lipinski definition) is 2. The molecule has 0 aromatic heterocycles. The van der Waals surface area contributed by atoms with Gasteiger partial charge in [-0.15, -0.1) is 0 Å². The van der Waals surface area contributed by atoms with Gasteiger partial charge in [0, 0.05) is 0 Å². The molecule has 0 saturated heterocycles. The Morgan fingerprint density at radius 1 is 1.18 bits per heavy atom. The number of fused-ring (bicyclic) bond motifs is 1. The number of rotatable bonds is 8. The third kappa shape index (κ3) is 3.87. The van der Waals surface area contributed by atoms with E-state index in [0.717, 1.165) is 11.1 Å². The summed E-state index contributed by atoms with van der Waals surface area (Å²) in [5.74, 6) is 0.283. The van der Waals surface area contributed by atoms with Crippen molar-refractivity contribution in [2.24, 2.45) is 5.73 Å². The Morgan fingerprint density at radius 2 is 1.77 bits per heavy atom. The van der Waals surface area contributed by atoms with E-state index in [-0.39, 0.29) is 5.91 Å². The van der Waals surface area contributed by atoms with Gasteiger partial charge in [0.05, 0.1) is 0 Å². The van der Waals surface area contributed by atoms with Crippen LogP contribution in [0, 0.1) is 0 Å². The van der Waals surface area contributed by atoms with E-state index in [1.165, 1.54) is 40.8 Å². The summed E-state index contributed by atoms with van der Waals surface area (Å²) in [6, 6.07) is 4.07. The van der Waals surface area contributed by atoms with Gasteiger partial charge in [-0.1, -0.05) is 0 Å². The molecule has 0 aliphatic heterocycles. The van der Waals surface area contributed by atoms with Crippen LogP contribution in [0.25, 0.3) is 0 Å². The van der Waals surface area contributed by atoms with Crippen molar-refractivity contribution in [3.05, 3.63) is 28.8 Å². The summed E-state index contributed by atoms with van der Waals surface area (Å²) in [5.41, 5.74) is 8.77. The number of carbonyl (C=O) groups is 1. The van der Waals surface area contributed by atoms with E-state index in [4.69, 9.17) is 10.5 Å². The van der Waals surface area contributed by atoms with Crippen LogP contribution in [0.1, 0.15) is 55.1 Å². The monoisotopic (exact) mass is 365 g/mol. The van der Waals surface area contributed by atoms with E-state index in [1.54, 1.807) is 0 Å². The van der Waals surface area contributed by atoms with Crippen LogP contribution < -0.4 is 10.5 Å². The minimum atomic E-state index is -0.776. The van der Waals surface area contributed by atoms with E-state index in [0.29, 0.717) is 17.9 Å². The summed E-state index contributed by atoms with van der Waals surface area (Å²) in [6.45, 7) is 7.11. The molecule has 0 fully saturated rings. The number of ether oxygens (including phenoxy) is 1. The first-order chi connectivity index (χ1) is 10.6. The number of primary amides is 1. The van der Waals surface area contributed by atoms with E-state index >= 15 is 0 Å². The molecule has 2 rings (SSSR count). The minimum absolute atomic E-state index is 0.383. The van der Waals surface area contributed by atoms with Gasteiger partial charge >= 0.3 is 139 Å². The van der Waals surface area contributed by atoms with Crippen LogP contribution in [-0.4, -0.2) is 27.2 Å². The zero-order valence-electron chi connectivity index (χ0n) is 14.0. The van der Waals surface area contributed by atoms with Crippen LogP contribution in [0.5, 0.6) is 5.75 Å². The molecule has 0 heterocycles. The number of hydrogen-bond donors (Lipinski definition) is 1. The quantitative estimate of drug-likeness (QED) is 0.709. The standard InChI is InChI=1S/C18H28AsNO2/c1-4-7-19(8-5-2)15-9-13-11-16(18(20)21)17(22-6-3)12-14(13)10-15/h11-12,15H,4-10H2,1-3H3,(H2,20,21)/t15-/m0/s1. The van der Waals surface area contributed by atoms with Crippen LogP contribution in [0.2, 0.25) is 15.1 Å². The van der Waals surface area contributed by atoms with Crippen LogP contribution in [0.3, 0.4) is 0 Å². The first kappa shape index (κ1) is 17.4. The molecule has 0 radical (unpaired) electrons. The molecule has 0 unspecified atom stereocenters. The molecule has 1 aromatic carbocycles. The Hall–Kier alpha value is -0.952. The van der Waals surface area contributed by atoms with Gasteiger partial charge in [0.1, 0.15) is 0 Å². The van der Waals surface area contributed by atoms with Gasteiger partial charge in [0.25, 0.3) is 0 Å². The molecule has 0 spiro atoms. The first-order valence-electron chi connectivity index (χ1n) is 8.43. The molecule has 2 N–H and O–H groups in total. The van der Waals surface area contributed by atoms with Gasteiger partial charge in [-0.05, 0) is 0 Å². The second-order valence-corrected chi connectivity index (χ2v) is 11.9. The van der Waals surface area contributed by atoms with Crippen molar-refractivity contribution < 1.29 is 9.53 Å². The van der Waals surface area contributed by atoms with Crippen molar-refractivity contribution in [1.82, 2.24) is 0 Å². The molecule has 0 saturated carbocycles. The van der Waals surface area contributed by atoms with Gasteiger partial charge in [-0.3, -0.25) is 0 Å². The Balaban J connectivity index is 2.24. The predicted octanol–water partition coefficient (Wildman–Crippen LogP) is 3.97. The zero-order chi connectivity index (χ0) is 16.1. The molecular weight excluding hydrogens is 337 g/mol. The van der Waals surface area contributed by atoms with E-state index in [1.807, 2.05) is 13.0 Å².